The SMILES string of the molecule is CCCc1ccc(N(C)c2ccc3c(c2)CN(C)[C@@H]3CCc2cnccc2C(=O)O)cc1.CCCc1ccc(N(C)c2ccc3c(c2)CN(C)[C@H]3CCc2cnccc2C(=O)O)cc1. The number of carboxylic acids is 2. The minimum atomic E-state index is -0.891. The minimum Gasteiger partial charge on any atom is -0.478 e. The van der Waals surface area contributed by atoms with Crippen LogP contribution in [0.1, 0.15) is 117 Å². The molecular weight excluding hydrogens is 797 g/mol. The van der Waals surface area contributed by atoms with Gasteiger partial charge in [0.25, 0.3) is 0 Å². The first-order valence-electron chi connectivity index (χ1n) is 22.6. The summed E-state index contributed by atoms with van der Waals surface area (Å²) in [6, 6.07) is 34.8. The molecule has 2 aliphatic heterocycles. The molecule has 2 aliphatic rings. The van der Waals surface area contributed by atoms with Crippen LogP contribution in [0.4, 0.5) is 22.7 Å². The predicted octanol–water partition coefficient (Wildman–Crippen LogP) is 11.2. The maximum Gasteiger partial charge on any atom is 0.336 e. The Kier molecular flexibility index (Phi) is 14.9. The fraction of sp³-hybridized carbons (Fsp3) is 0.333. The van der Waals surface area contributed by atoms with Gasteiger partial charge in [-0.1, -0.05) is 63.1 Å². The topological polar surface area (TPSA) is 113 Å². The van der Waals surface area contributed by atoms with Gasteiger partial charge < -0.3 is 20.0 Å². The lowest BCUT2D eigenvalue weighted by molar-refractivity contribution is 0.0684. The van der Waals surface area contributed by atoms with Crippen molar-refractivity contribution in [1.29, 1.82) is 0 Å². The number of aromatic nitrogens is 2. The smallest absolute Gasteiger partial charge is 0.336 e. The summed E-state index contributed by atoms with van der Waals surface area (Å²) in [5, 5.41) is 18.9. The molecule has 8 rings (SSSR count). The van der Waals surface area contributed by atoms with Crippen LogP contribution in [0.15, 0.2) is 122 Å². The Morgan fingerprint density at radius 3 is 1.30 bits per heavy atom. The summed E-state index contributed by atoms with van der Waals surface area (Å²) in [7, 11) is 8.51. The molecule has 64 heavy (non-hydrogen) atoms. The molecule has 6 aromatic rings. The highest BCUT2D eigenvalue weighted by Crippen LogP contribution is 2.40. The van der Waals surface area contributed by atoms with Crippen molar-refractivity contribution < 1.29 is 19.8 Å². The number of benzene rings is 4. The van der Waals surface area contributed by atoms with E-state index in [0.29, 0.717) is 24.0 Å². The molecule has 2 aromatic heterocycles. The summed E-state index contributed by atoms with van der Waals surface area (Å²) in [5.74, 6) is -1.78. The van der Waals surface area contributed by atoms with Crippen LogP contribution in [-0.4, -0.2) is 70.1 Å². The number of hydrogen-bond acceptors (Lipinski definition) is 8. The van der Waals surface area contributed by atoms with Crippen molar-refractivity contribution in [2.24, 2.45) is 0 Å². The van der Waals surface area contributed by atoms with Crippen molar-refractivity contribution in [3.63, 3.8) is 0 Å². The lowest BCUT2D eigenvalue weighted by Gasteiger charge is -2.22. The van der Waals surface area contributed by atoms with Gasteiger partial charge in [0, 0.05) is 86.8 Å². The molecule has 0 amide bonds. The number of aryl methyl sites for hydroxylation is 4. The monoisotopic (exact) mass is 858 g/mol. The van der Waals surface area contributed by atoms with Crippen molar-refractivity contribution in [1.82, 2.24) is 19.8 Å². The summed E-state index contributed by atoms with van der Waals surface area (Å²) in [6.45, 7) is 6.21. The van der Waals surface area contributed by atoms with Gasteiger partial charge >= 0.3 is 11.9 Å². The predicted molar refractivity (Wildman–Crippen MR) is 257 cm³/mol. The van der Waals surface area contributed by atoms with E-state index in [1.54, 1.807) is 36.9 Å². The van der Waals surface area contributed by atoms with Gasteiger partial charge in [0.05, 0.1) is 11.1 Å². The van der Waals surface area contributed by atoms with Crippen LogP contribution < -0.4 is 9.80 Å². The summed E-state index contributed by atoms with van der Waals surface area (Å²) < 4.78 is 0. The second-order valence-electron chi connectivity index (χ2n) is 17.3. The van der Waals surface area contributed by atoms with Gasteiger partial charge in [-0.3, -0.25) is 19.8 Å². The number of hydrogen-bond donors (Lipinski definition) is 2. The van der Waals surface area contributed by atoms with E-state index in [2.05, 4.69) is 157 Å². The molecule has 0 spiro atoms. The van der Waals surface area contributed by atoms with Crippen LogP contribution in [0.2, 0.25) is 0 Å². The van der Waals surface area contributed by atoms with Crippen LogP contribution in [-0.2, 0) is 38.8 Å². The fourth-order valence-electron chi connectivity index (χ4n) is 9.41. The lowest BCUT2D eigenvalue weighted by Crippen LogP contribution is -2.17. The van der Waals surface area contributed by atoms with E-state index in [1.807, 2.05) is 0 Å². The second kappa shape index (κ2) is 20.9. The summed E-state index contributed by atoms with van der Waals surface area (Å²) in [5.41, 5.74) is 15.1. The normalized spacial score (nSPS) is 15.5. The Morgan fingerprint density at radius 1 is 0.562 bits per heavy atom. The molecule has 0 saturated carbocycles. The van der Waals surface area contributed by atoms with Gasteiger partial charge in [-0.05, 0) is 158 Å². The fourth-order valence-corrected chi connectivity index (χ4v) is 9.41. The van der Waals surface area contributed by atoms with Crippen LogP contribution in [0.5, 0.6) is 0 Å². The summed E-state index contributed by atoms with van der Waals surface area (Å²) in [6.07, 6.45) is 14.1. The Balaban J connectivity index is 0.000000191. The van der Waals surface area contributed by atoms with Crippen molar-refractivity contribution in [2.75, 3.05) is 38.0 Å². The summed E-state index contributed by atoms with van der Waals surface area (Å²) in [4.78, 5) is 40.4. The molecule has 4 aromatic carbocycles. The van der Waals surface area contributed by atoms with E-state index in [1.165, 1.54) is 56.1 Å². The van der Waals surface area contributed by atoms with Crippen molar-refractivity contribution in [3.05, 3.63) is 177 Å². The van der Waals surface area contributed by atoms with E-state index < -0.39 is 11.9 Å². The number of fused-ring (bicyclic) bond motifs is 2. The molecule has 0 fully saturated rings. The highest BCUT2D eigenvalue weighted by molar-refractivity contribution is 5.89. The van der Waals surface area contributed by atoms with Crippen LogP contribution in [0.3, 0.4) is 0 Å². The second-order valence-corrected chi connectivity index (χ2v) is 17.3. The lowest BCUT2D eigenvalue weighted by atomic mass is 9.96. The number of nitrogens with zero attached hydrogens (tertiary/aromatic N) is 6. The molecule has 0 bridgehead atoms. The highest BCUT2D eigenvalue weighted by atomic mass is 16.4. The van der Waals surface area contributed by atoms with Crippen molar-refractivity contribution in [2.45, 2.75) is 90.4 Å². The number of anilines is 4. The molecule has 0 radical (unpaired) electrons. The average molecular weight is 859 g/mol. The highest BCUT2D eigenvalue weighted by Gasteiger charge is 2.30. The molecular formula is C54H62N6O4. The van der Waals surface area contributed by atoms with E-state index >= 15 is 0 Å². The third-order valence-electron chi connectivity index (χ3n) is 13.0. The molecule has 10 heteroatoms. The zero-order chi connectivity index (χ0) is 45.3. The number of rotatable bonds is 16. The van der Waals surface area contributed by atoms with E-state index in [9.17, 15) is 19.8 Å². The van der Waals surface area contributed by atoms with Crippen LogP contribution in [0.25, 0.3) is 0 Å². The number of aromatic carboxylic acids is 2. The van der Waals surface area contributed by atoms with Gasteiger partial charge in [-0.25, -0.2) is 9.59 Å². The molecule has 0 aliphatic carbocycles. The van der Waals surface area contributed by atoms with Gasteiger partial charge in [0.15, 0.2) is 0 Å². The van der Waals surface area contributed by atoms with Crippen molar-refractivity contribution in [3.8, 4) is 0 Å². The number of pyridine rings is 2. The third-order valence-corrected chi connectivity index (χ3v) is 13.0. The molecule has 0 unspecified atom stereocenters. The van der Waals surface area contributed by atoms with Crippen LogP contribution in [0, 0.1) is 0 Å². The average Bonchev–Trinajstić information content (AvgIpc) is 3.80. The maximum atomic E-state index is 11.5. The van der Waals surface area contributed by atoms with Gasteiger partial charge in [0.2, 0.25) is 0 Å². The largest absolute Gasteiger partial charge is 0.478 e. The van der Waals surface area contributed by atoms with Crippen molar-refractivity contribution >= 4 is 34.7 Å². The molecule has 4 heterocycles. The third kappa shape index (κ3) is 10.5. The molecule has 332 valence electrons. The number of carboxylic acid groups (broad SMARTS) is 2. The first-order valence-corrected chi connectivity index (χ1v) is 22.6. The molecule has 10 nitrogen and oxygen atoms in total. The Bertz CT molecular complexity index is 2370. The minimum absolute atomic E-state index is 0.277. The molecule has 0 saturated heterocycles. The zero-order valence-corrected chi connectivity index (χ0v) is 38.2. The van der Waals surface area contributed by atoms with E-state index in [0.717, 1.165) is 62.7 Å². The first kappa shape index (κ1) is 45.7. The van der Waals surface area contributed by atoms with E-state index in [-0.39, 0.29) is 12.1 Å². The van der Waals surface area contributed by atoms with Gasteiger partial charge in [-0.15, -0.1) is 0 Å². The molecule has 2 atom stereocenters. The quantitative estimate of drug-likeness (QED) is 0.0975. The first-order chi connectivity index (χ1) is 30.9. The Hall–Kier alpha value is -6.36. The van der Waals surface area contributed by atoms with Crippen LogP contribution >= 0.6 is 0 Å². The van der Waals surface area contributed by atoms with Gasteiger partial charge in [0.1, 0.15) is 0 Å². The Labute approximate surface area is 378 Å². The standard InChI is InChI=1S/2C27H31N3O2/c2*1-4-5-19-6-9-22(10-7-19)30(3)23-11-12-24-21(16-23)18-29(2)26(24)13-8-20-17-28-15-14-25(20)27(31)32/h2*6-7,9-12,14-17,26H,4-5,8,13,18H2,1-3H3,(H,31,32)/t2*26-/m10/s1. The summed E-state index contributed by atoms with van der Waals surface area (Å²) >= 11 is 0. The number of carbonyl (C=O) groups is 2. The zero-order valence-electron chi connectivity index (χ0n) is 38.2. The van der Waals surface area contributed by atoms with E-state index in [4.69, 9.17) is 0 Å². The maximum absolute atomic E-state index is 11.5. The molecule has 2 N–H and O–H groups in total. The Morgan fingerprint density at radius 2 is 0.938 bits per heavy atom. The van der Waals surface area contributed by atoms with Gasteiger partial charge in [-0.2, -0.15) is 0 Å².